The van der Waals surface area contributed by atoms with Gasteiger partial charge in [0.2, 0.25) is 0 Å². The van der Waals surface area contributed by atoms with Crippen LogP contribution < -0.4 is 0 Å². The van der Waals surface area contributed by atoms with Crippen LogP contribution in [0.5, 0.6) is 0 Å². The molecule has 3 aliphatic rings. The number of sulfone groups is 1. The van der Waals surface area contributed by atoms with Crippen LogP contribution in [0.3, 0.4) is 0 Å². The van der Waals surface area contributed by atoms with Crippen LogP contribution >= 0.6 is 0 Å². The van der Waals surface area contributed by atoms with Crippen molar-refractivity contribution >= 4 is 15.6 Å². The van der Waals surface area contributed by atoms with E-state index in [0.29, 0.717) is 31.5 Å². The summed E-state index contributed by atoms with van der Waals surface area (Å²) >= 11 is 0. The van der Waals surface area contributed by atoms with Crippen molar-refractivity contribution in [2.75, 3.05) is 26.1 Å². The number of carbonyl (C=O) groups excluding carboxylic acids is 1. The first kappa shape index (κ1) is 27.5. The molecule has 4 rings (SSSR count). The fourth-order valence-corrected chi connectivity index (χ4v) is 4.48. The number of methoxy groups -OCH3 is 1. The Balaban J connectivity index is 0.000000534. The van der Waals surface area contributed by atoms with Gasteiger partial charge in [0.1, 0.15) is 5.75 Å². The van der Waals surface area contributed by atoms with E-state index in [0.717, 1.165) is 0 Å². The Morgan fingerprint density at radius 3 is 2.31 bits per heavy atom. The molecule has 10 radical (unpaired) electrons. The maximum atomic E-state index is 12.7. The van der Waals surface area contributed by atoms with Crippen LogP contribution in [0.4, 0.5) is 0 Å². The summed E-state index contributed by atoms with van der Waals surface area (Å²) in [6.07, 6.45) is 14.9. The van der Waals surface area contributed by atoms with Crippen molar-refractivity contribution in [2.24, 2.45) is 0 Å². The summed E-state index contributed by atoms with van der Waals surface area (Å²) in [5.74, 6) is -0.205. The first-order valence-electron chi connectivity index (χ1n) is 10.0. The zero-order valence-corrected chi connectivity index (χ0v) is 19.6. The molecule has 0 amide bonds. The van der Waals surface area contributed by atoms with Crippen molar-refractivity contribution < 1.29 is 44.5 Å². The smallest absolute Gasteiger partial charge is 0.382 e. The Kier molecular flexibility index (Phi) is 11.9. The van der Waals surface area contributed by atoms with E-state index >= 15 is 0 Å². The number of rotatable bonds is 7. The van der Waals surface area contributed by atoms with Crippen LogP contribution in [-0.2, 0) is 45.9 Å². The first-order valence-corrected chi connectivity index (χ1v) is 11.7. The quantitative estimate of drug-likeness (QED) is 0.538. The third kappa shape index (κ3) is 7.93. The standard InChI is InChI=1S/C19H21O6S.C5H5.Fe/c1-23-12-14-10-11-24-19(25-14)17-9-5-8-16(17)18(20)13-26(21,22)15-6-3-2-4-7-15;1-2-4-5-3-1;/h2-9,14,19H,10-13H2,1H3;1-5H;/q;;+2/t14-,19-;;/m0../s1. The van der Waals surface area contributed by atoms with Gasteiger partial charge < -0.3 is 14.2 Å². The van der Waals surface area contributed by atoms with Crippen LogP contribution in [0.15, 0.2) is 35.2 Å². The normalized spacial score (nSPS) is 24.4. The van der Waals surface area contributed by atoms with Gasteiger partial charge >= 0.3 is 17.1 Å². The molecule has 1 aliphatic heterocycles. The molecule has 0 bridgehead atoms. The van der Waals surface area contributed by atoms with Gasteiger partial charge in [-0.3, -0.25) is 4.79 Å². The predicted octanol–water partition coefficient (Wildman–Crippen LogP) is 2.60. The summed E-state index contributed by atoms with van der Waals surface area (Å²) < 4.78 is 41.5. The second-order valence-electron chi connectivity index (χ2n) is 7.06. The zero-order valence-electron chi connectivity index (χ0n) is 17.7. The zero-order chi connectivity index (χ0) is 22.1. The number of ketones is 1. The molecule has 0 aromatic heterocycles. The van der Waals surface area contributed by atoms with Gasteiger partial charge in [0, 0.05) is 7.11 Å². The molecule has 3 fully saturated rings. The molecule has 8 heteroatoms. The number of carbonyl (C=O) groups is 1. The van der Waals surface area contributed by atoms with Gasteiger partial charge in [-0.15, -0.1) is 0 Å². The summed E-state index contributed by atoms with van der Waals surface area (Å²) in [6, 6.07) is 7.95. The molecule has 32 heavy (non-hydrogen) atoms. The maximum absolute atomic E-state index is 12.7. The van der Waals surface area contributed by atoms with Crippen LogP contribution in [0.25, 0.3) is 0 Å². The predicted molar refractivity (Wildman–Crippen MR) is 115 cm³/mol. The molecule has 0 spiro atoms. The number of hydrogen-bond acceptors (Lipinski definition) is 6. The molecule has 0 unspecified atom stereocenters. The largest absolute Gasteiger partial charge is 2.00 e. The van der Waals surface area contributed by atoms with Gasteiger partial charge in [-0.2, -0.15) is 0 Å². The van der Waals surface area contributed by atoms with Gasteiger partial charge in [0.15, 0.2) is 21.9 Å². The van der Waals surface area contributed by atoms with E-state index in [1.54, 1.807) is 44.6 Å². The minimum atomic E-state index is -3.70. The summed E-state index contributed by atoms with van der Waals surface area (Å²) in [5, 5.41) is 0. The Labute approximate surface area is 203 Å². The van der Waals surface area contributed by atoms with Crippen molar-refractivity contribution in [1.29, 1.82) is 0 Å². The van der Waals surface area contributed by atoms with Crippen LogP contribution in [0.2, 0.25) is 0 Å². The Bertz CT molecular complexity index is 771. The van der Waals surface area contributed by atoms with E-state index in [1.165, 1.54) is 12.1 Å². The number of hydrogen-bond donors (Lipinski definition) is 0. The van der Waals surface area contributed by atoms with Crippen LogP contribution in [0, 0.1) is 63.2 Å². The first-order chi connectivity index (χ1) is 15.0. The minimum absolute atomic E-state index is 0. The van der Waals surface area contributed by atoms with Gasteiger partial charge in [-0.05, 0) is 69.9 Å². The fraction of sp³-hybridized carbons (Fsp3) is 0.292. The van der Waals surface area contributed by atoms with Crippen LogP contribution in [-0.4, -0.2) is 52.7 Å². The van der Waals surface area contributed by atoms with E-state index in [9.17, 15) is 13.2 Å². The summed E-state index contributed by atoms with van der Waals surface area (Å²) in [5.41, 5.74) is 0. The number of Topliss-reactive ketones (excluding diaryl/α,β-unsaturated/α-hetero) is 1. The summed E-state index contributed by atoms with van der Waals surface area (Å²) in [4.78, 5) is 12.8. The molecule has 2 saturated carbocycles. The SMILES string of the molecule is COC[C@@H]1CCO[C@H]([C]2[CH][CH][CH][C]2C(=O)CS(=O)(=O)c2ccccc2)O1.[CH]1[CH][CH][CH][CH]1.[Fe+2]. The van der Waals surface area contributed by atoms with E-state index in [1.807, 2.05) is 32.1 Å². The van der Waals surface area contributed by atoms with Crippen molar-refractivity contribution in [3.63, 3.8) is 0 Å². The van der Waals surface area contributed by atoms with Crippen molar-refractivity contribution in [1.82, 2.24) is 0 Å². The van der Waals surface area contributed by atoms with Crippen molar-refractivity contribution in [3.05, 3.63) is 93.5 Å². The molecule has 2 aliphatic carbocycles. The van der Waals surface area contributed by atoms with E-state index < -0.39 is 27.7 Å². The summed E-state index contributed by atoms with van der Waals surface area (Å²) in [6.45, 7) is 0.923. The topological polar surface area (TPSA) is 78.9 Å². The molecule has 2 atom stereocenters. The minimum Gasteiger partial charge on any atom is -0.382 e. The Morgan fingerprint density at radius 2 is 1.69 bits per heavy atom. The second-order valence-corrected chi connectivity index (χ2v) is 9.05. The van der Waals surface area contributed by atoms with Gasteiger partial charge in [-0.1, -0.05) is 18.2 Å². The maximum Gasteiger partial charge on any atom is 2.00 e. The van der Waals surface area contributed by atoms with E-state index in [-0.39, 0.29) is 28.1 Å². The third-order valence-corrected chi connectivity index (χ3v) is 6.39. The molecule has 170 valence electrons. The number of ether oxygens (including phenoxy) is 3. The average molecular weight is 498 g/mol. The second kappa shape index (κ2) is 13.8. The molecule has 6 nitrogen and oxygen atoms in total. The van der Waals surface area contributed by atoms with Gasteiger partial charge in [-0.25, -0.2) is 8.42 Å². The average Bonchev–Trinajstić information content (AvgIpc) is 3.50. The third-order valence-electron chi connectivity index (χ3n) is 4.76. The van der Waals surface area contributed by atoms with Crippen molar-refractivity contribution in [2.45, 2.75) is 23.7 Å². The van der Waals surface area contributed by atoms with Crippen LogP contribution in [0.1, 0.15) is 6.42 Å². The molecular weight excluding hydrogens is 472 g/mol. The van der Waals surface area contributed by atoms with Crippen molar-refractivity contribution in [3.8, 4) is 0 Å². The van der Waals surface area contributed by atoms with E-state index in [2.05, 4.69) is 0 Å². The molecule has 1 heterocycles. The van der Waals surface area contributed by atoms with Gasteiger partial charge in [0.05, 0.1) is 36.0 Å². The Morgan fingerprint density at radius 1 is 1.03 bits per heavy atom. The molecule has 1 aromatic carbocycles. The summed E-state index contributed by atoms with van der Waals surface area (Å²) in [7, 11) is -2.11. The molecule has 1 saturated heterocycles. The monoisotopic (exact) mass is 498 g/mol. The Hall–Kier alpha value is -0.761. The molecule has 1 aromatic rings. The van der Waals surface area contributed by atoms with Gasteiger partial charge in [0.25, 0.3) is 0 Å². The molecule has 0 N–H and O–H groups in total. The number of benzene rings is 1. The molecular formula is C24H26FeO6S+2. The fourth-order valence-electron chi connectivity index (χ4n) is 3.24. The van der Waals surface area contributed by atoms with E-state index in [4.69, 9.17) is 14.2 Å².